The van der Waals surface area contributed by atoms with E-state index in [1.807, 2.05) is 0 Å². The van der Waals surface area contributed by atoms with E-state index in [2.05, 4.69) is 4.74 Å². The van der Waals surface area contributed by atoms with E-state index < -0.39 is 30.5 Å². The van der Waals surface area contributed by atoms with E-state index in [0.717, 1.165) is 19.3 Å². The van der Waals surface area contributed by atoms with Gasteiger partial charge >= 0.3 is 23.9 Å². The van der Waals surface area contributed by atoms with E-state index in [1.54, 1.807) is 0 Å². The number of alkyl halides is 6. The molecule has 0 atom stereocenters. The molecule has 0 aromatic rings. The molecule has 3 nitrogen and oxygen atoms in total. The number of carbonyl (C=O) groups excluding carboxylic acids is 1. The van der Waals surface area contributed by atoms with E-state index in [9.17, 15) is 31.1 Å². The minimum atomic E-state index is -6.19. The summed E-state index contributed by atoms with van der Waals surface area (Å²) in [6, 6.07) is 0. The number of carbonyl (C=O) groups is 1. The van der Waals surface area contributed by atoms with Crippen molar-refractivity contribution < 1.29 is 41.0 Å². The predicted molar refractivity (Wildman–Crippen MR) is 54.6 cm³/mol. The minimum Gasteiger partial charge on any atom is -0.463 e. The van der Waals surface area contributed by atoms with Gasteiger partial charge in [-0.15, -0.1) is 0 Å². The highest BCUT2D eigenvalue weighted by molar-refractivity contribution is 5.81. The Morgan fingerprint density at radius 1 is 1.00 bits per heavy atom. The van der Waals surface area contributed by atoms with Gasteiger partial charge in [-0.05, 0) is 18.8 Å². The van der Waals surface area contributed by atoms with Gasteiger partial charge in [0.15, 0.2) is 0 Å². The molecule has 0 aromatic carbocycles. The third-order valence-corrected chi connectivity index (χ3v) is 3.29. The van der Waals surface area contributed by atoms with Gasteiger partial charge in [-0.2, -0.15) is 26.3 Å². The number of hydrogen-bond acceptors (Lipinski definition) is 3. The number of esters is 1. The van der Waals surface area contributed by atoms with Gasteiger partial charge in [0.05, 0.1) is 6.61 Å². The van der Waals surface area contributed by atoms with Crippen molar-refractivity contribution in [3.05, 3.63) is 0 Å². The molecule has 9 heteroatoms. The first-order valence-electron chi connectivity index (χ1n) is 6.03. The van der Waals surface area contributed by atoms with Gasteiger partial charge in [0, 0.05) is 0 Å². The Balaban J connectivity index is 2.75. The molecule has 1 aliphatic rings. The largest absolute Gasteiger partial charge is 0.463 e. The summed E-state index contributed by atoms with van der Waals surface area (Å²) in [4.78, 5) is 11.1. The van der Waals surface area contributed by atoms with Crippen molar-refractivity contribution in [2.24, 2.45) is 5.92 Å². The summed E-state index contributed by atoms with van der Waals surface area (Å²) in [5, 5.41) is 8.76. The summed E-state index contributed by atoms with van der Waals surface area (Å²) in [7, 11) is 0. The van der Waals surface area contributed by atoms with E-state index in [1.165, 1.54) is 0 Å². The first kappa shape index (κ1) is 17.1. The van der Waals surface area contributed by atoms with Gasteiger partial charge in [-0.25, -0.2) is 4.79 Å². The summed E-state index contributed by atoms with van der Waals surface area (Å²) in [6.07, 6.45) is -8.73. The molecule has 1 N–H and O–H groups in total. The molecule has 0 saturated heterocycles. The molecule has 0 radical (unpaired) electrons. The van der Waals surface area contributed by atoms with E-state index >= 15 is 0 Å². The molecule has 0 unspecified atom stereocenters. The molecule has 1 rings (SSSR count). The lowest BCUT2D eigenvalue weighted by atomic mass is 9.90. The molecule has 1 saturated carbocycles. The molecule has 0 bridgehead atoms. The highest BCUT2D eigenvalue weighted by Gasteiger charge is 2.76. The van der Waals surface area contributed by atoms with Gasteiger partial charge in [-0.1, -0.05) is 19.3 Å². The average molecular weight is 308 g/mol. The Labute approximate surface area is 110 Å². The van der Waals surface area contributed by atoms with Crippen LogP contribution in [0.4, 0.5) is 26.3 Å². The predicted octanol–water partition coefficient (Wildman–Crippen LogP) is 2.97. The van der Waals surface area contributed by atoms with Crippen molar-refractivity contribution in [2.75, 3.05) is 6.61 Å². The minimum absolute atomic E-state index is 0.265. The van der Waals surface area contributed by atoms with Crippen molar-refractivity contribution in [2.45, 2.75) is 50.1 Å². The van der Waals surface area contributed by atoms with Crippen LogP contribution in [0.15, 0.2) is 0 Å². The third-order valence-electron chi connectivity index (χ3n) is 3.29. The van der Waals surface area contributed by atoms with Crippen molar-refractivity contribution in [1.82, 2.24) is 0 Å². The van der Waals surface area contributed by atoms with Gasteiger partial charge in [0.25, 0.3) is 0 Å². The molecule has 1 aliphatic carbocycles. The van der Waals surface area contributed by atoms with Crippen LogP contribution in [0.3, 0.4) is 0 Å². The maximum absolute atomic E-state index is 12.3. The molecule has 0 aliphatic heterocycles. The highest BCUT2D eigenvalue weighted by atomic mass is 19.4. The fraction of sp³-hybridized carbons (Fsp3) is 0.909. The zero-order valence-corrected chi connectivity index (χ0v) is 10.4. The summed E-state index contributed by atoms with van der Waals surface area (Å²) in [5.41, 5.74) is -5.48. The van der Waals surface area contributed by atoms with E-state index in [0.29, 0.717) is 12.8 Å². The maximum Gasteiger partial charge on any atom is 0.437 e. The maximum atomic E-state index is 12.3. The quantitative estimate of drug-likeness (QED) is 0.644. The zero-order chi connectivity index (χ0) is 15.6. The summed E-state index contributed by atoms with van der Waals surface area (Å²) in [5.74, 6) is -2.98. The molecule has 118 valence electrons. The number of hydrogen-bond donors (Lipinski definition) is 1. The Bertz CT molecular complexity index is 329. The fourth-order valence-electron chi connectivity index (χ4n) is 2.04. The molecule has 0 heterocycles. The van der Waals surface area contributed by atoms with Crippen LogP contribution in [0.1, 0.15) is 32.1 Å². The molecule has 0 spiro atoms. The van der Waals surface area contributed by atoms with Crippen LogP contribution < -0.4 is 0 Å². The smallest absolute Gasteiger partial charge is 0.437 e. The number of rotatable bonds is 3. The Morgan fingerprint density at radius 3 is 1.85 bits per heavy atom. The normalized spacial score (nSPS) is 18.9. The lowest BCUT2D eigenvalue weighted by Crippen LogP contribution is -2.63. The molecule has 1 fully saturated rings. The number of halogens is 6. The molecule has 20 heavy (non-hydrogen) atoms. The summed E-state index contributed by atoms with van der Waals surface area (Å²) in [6.45, 7) is -0.548. The fourth-order valence-corrected chi connectivity index (χ4v) is 2.04. The first-order valence-corrected chi connectivity index (χ1v) is 6.03. The second-order valence-electron chi connectivity index (χ2n) is 4.81. The van der Waals surface area contributed by atoms with Crippen LogP contribution in [0.5, 0.6) is 0 Å². The second-order valence-corrected chi connectivity index (χ2v) is 4.81. The lowest BCUT2D eigenvalue weighted by molar-refractivity contribution is -0.357. The lowest BCUT2D eigenvalue weighted by Gasteiger charge is -2.30. The van der Waals surface area contributed by atoms with Gasteiger partial charge in [-0.3, -0.25) is 0 Å². The Morgan fingerprint density at radius 2 is 1.45 bits per heavy atom. The van der Waals surface area contributed by atoms with Crippen LogP contribution in [0.25, 0.3) is 0 Å². The average Bonchev–Trinajstić information content (AvgIpc) is 2.33. The SMILES string of the molecule is O=C(OCC1CCCCC1)C(O)(C(F)(F)F)C(F)(F)F. The molecular formula is C11H14F6O3. The van der Waals surface area contributed by atoms with Crippen molar-refractivity contribution >= 4 is 5.97 Å². The number of ether oxygens (including phenoxy) is 1. The monoisotopic (exact) mass is 308 g/mol. The topological polar surface area (TPSA) is 46.5 Å². The third kappa shape index (κ3) is 3.36. The molecule has 0 aromatic heterocycles. The summed E-state index contributed by atoms with van der Waals surface area (Å²) < 4.78 is 78.1. The van der Waals surface area contributed by atoms with Gasteiger partial charge in [0.1, 0.15) is 0 Å². The first-order chi connectivity index (χ1) is 9.00. The zero-order valence-electron chi connectivity index (χ0n) is 10.4. The van der Waals surface area contributed by atoms with Crippen molar-refractivity contribution in [3.63, 3.8) is 0 Å². The Hall–Kier alpha value is -0.990. The Kier molecular flexibility index (Phi) is 4.94. The van der Waals surface area contributed by atoms with Gasteiger partial charge < -0.3 is 9.84 Å². The van der Waals surface area contributed by atoms with E-state index in [4.69, 9.17) is 5.11 Å². The number of aliphatic hydroxyl groups is 1. The van der Waals surface area contributed by atoms with Crippen LogP contribution >= 0.6 is 0 Å². The van der Waals surface area contributed by atoms with E-state index in [-0.39, 0.29) is 5.92 Å². The van der Waals surface area contributed by atoms with Crippen LogP contribution in [-0.2, 0) is 9.53 Å². The van der Waals surface area contributed by atoms with Crippen molar-refractivity contribution in [3.8, 4) is 0 Å². The van der Waals surface area contributed by atoms with Crippen molar-refractivity contribution in [1.29, 1.82) is 0 Å². The second kappa shape index (κ2) is 5.79. The standard InChI is InChI=1S/C11H14F6O3/c12-10(13,14)9(19,11(15,16)17)8(18)20-6-7-4-2-1-3-5-7/h7,19H,1-6H2. The highest BCUT2D eigenvalue weighted by Crippen LogP contribution is 2.44. The summed E-state index contributed by atoms with van der Waals surface area (Å²) >= 11 is 0. The van der Waals surface area contributed by atoms with Crippen LogP contribution in [-0.4, -0.2) is 35.6 Å². The van der Waals surface area contributed by atoms with Crippen LogP contribution in [0.2, 0.25) is 0 Å². The molecular weight excluding hydrogens is 294 g/mol. The molecule has 0 amide bonds. The van der Waals surface area contributed by atoms with Crippen LogP contribution in [0, 0.1) is 5.92 Å². The van der Waals surface area contributed by atoms with Gasteiger partial charge in [0.2, 0.25) is 0 Å².